The maximum absolute atomic E-state index is 13.4. The van der Waals surface area contributed by atoms with Gasteiger partial charge in [-0.2, -0.15) is 0 Å². The second kappa shape index (κ2) is 11.0. The van der Waals surface area contributed by atoms with Gasteiger partial charge in [0.25, 0.3) is 0 Å². The monoisotopic (exact) mass is 454 g/mol. The average Bonchev–Trinajstić information content (AvgIpc) is 3.18. The van der Waals surface area contributed by atoms with Crippen LogP contribution in [-0.4, -0.2) is 74.0 Å². The van der Waals surface area contributed by atoms with Crippen molar-refractivity contribution in [2.45, 2.75) is 58.8 Å². The highest BCUT2D eigenvalue weighted by Crippen LogP contribution is 2.43. The summed E-state index contributed by atoms with van der Waals surface area (Å²) >= 11 is 0. The molecule has 2 amide bonds. The average molecular weight is 455 g/mol. The molecule has 0 aliphatic carbocycles. The molecule has 2 saturated heterocycles. The number of unbranched alkanes of at least 4 members (excludes halogenated alkanes) is 1. The number of rotatable bonds is 7. The predicted octanol–water partition coefficient (Wildman–Crippen LogP) is 3.31. The molecule has 0 saturated carbocycles. The highest BCUT2D eigenvalue weighted by Gasteiger charge is 2.43. The van der Waals surface area contributed by atoms with Crippen molar-refractivity contribution < 1.29 is 9.59 Å². The Bertz CT molecular complexity index is 822. The highest BCUT2D eigenvalue weighted by molar-refractivity contribution is 5.95. The third-order valence-corrected chi connectivity index (χ3v) is 8.03. The largest absolute Gasteiger partial charge is 0.342 e. The molecule has 1 aromatic carbocycles. The number of amides is 2. The summed E-state index contributed by atoms with van der Waals surface area (Å²) in [6, 6.07) is 8.44. The van der Waals surface area contributed by atoms with Gasteiger partial charge in [-0.1, -0.05) is 44.9 Å². The van der Waals surface area contributed by atoms with Crippen molar-refractivity contribution in [3.8, 4) is 0 Å². The van der Waals surface area contributed by atoms with Gasteiger partial charge in [0.2, 0.25) is 11.8 Å². The van der Waals surface area contributed by atoms with E-state index < -0.39 is 0 Å². The molecule has 33 heavy (non-hydrogen) atoms. The Morgan fingerprint density at radius 3 is 2.64 bits per heavy atom. The van der Waals surface area contributed by atoms with Crippen LogP contribution in [0.5, 0.6) is 0 Å². The van der Waals surface area contributed by atoms with E-state index in [2.05, 4.69) is 58.1 Å². The molecule has 3 heterocycles. The number of likely N-dealkylation sites (tertiary alicyclic amines) is 1. The van der Waals surface area contributed by atoms with Crippen LogP contribution in [0.2, 0.25) is 0 Å². The highest BCUT2D eigenvalue weighted by atomic mass is 16.2. The first kappa shape index (κ1) is 24.2. The summed E-state index contributed by atoms with van der Waals surface area (Å²) in [7, 11) is 0. The molecule has 6 nitrogen and oxygen atoms in total. The fourth-order valence-corrected chi connectivity index (χ4v) is 5.86. The lowest BCUT2D eigenvalue weighted by Crippen LogP contribution is -2.45. The van der Waals surface area contributed by atoms with Crippen LogP contribution in [0.4, 0.5) is 5.69 Å². The molecular weight excluding hydrogens is 412 g/mol. The lowest BCUT2D eigenvalue weighted by Gasteiger charge is -2.30. The number of nitrogens with zero attached hydrogens (tertiary/aromatic N) is 3. The quantitative estimate of drug-likeness (QED) is 0.687. The van der Waals surface area contributed by atoms with Gasteiger partial charge in [-0.05, 0) is 42.7 Å². The number of hydrogen-bond donors (Lipinski definition) is 1. The molecule has 1 spiro atoms. The first-order valence-electron chi connectivity index (χ1n) is 13.1. The van der Waals surface area contributed by atoms with Crippen LogP contribution in [0.25, 0.3) is 0 Å². The van der Waals surface area contributed by atoms with Crippen molar-refractivity contribution in [1.82, 2.24) is 15.1 Å². The van der Waals surface area contributed by atoms with Crippen LogP contribution in [0.15, 0.2) is 24.3 Å². The van der Waals surface area contributed by atoms with E-state index in [-0.39, 0.29) is 17.2 Å². The van der Waals surface area contributed by atoms with E-state index in [9.17, 15) is 9.59 Å². The number of piperazine rings is 1. The van der Waals surface area contributed by atoms with Gasteiger partial charge in [0.15, 0.2) is 0 Å². The minimum absolute atomic E-state index is 0.0543. The molecule has 1 N–H and O–H groups in total. The first-order valence-corrected chi connectivity index (χ1v) is 13.1. The topological polar surface area (TPSA) is 55.9 Å². The number of nitrogens with one attached hydrogen (secondary N) is 1. The second-order valence-electron chi connectivity index (χ2n) is 10.5. The van der Waals surface area contributed by atoms with Gasteiger partial charge in [-0.15, -0.1) is 0 Å². The number of benzene rings is 1. The molecule has 1 aromatic rings. The van der Waals surface area contributed by atoms with E-state index >= 15 is 0 Å². The first-order chi connectivity index (χ1) is 16.0. The van der Waals surface area contributed by atoms with Crippen LogP contribution in [0.3, 0.4) is 0 Å². The number of para-hydroxylation sites is 1. The van der Waals surface area contributed by atoms with E-state index in [0.717, 1.165) is 96.6 Å². The van der Waals surface area contributed by atoms with Crippen molar-refractivity contribution in [3.63, 3.8) is 0 Å². The minimum Gasteiger partial charge on any atom is -0.342 e. The predicted molar refractivity (Wildman–Crippen MR) is 133 cm³/mol. The van der Waals surface area contributed by atoms with E-state index in [1.165, 1.54) is 5.56 Å². The summed E-state index contributed by atoms with van der Waals surface area (Å²) in [6.07, 6.45) is 6.75. The molecule has 2 atom stereocenters. The number of anilines is 1. The smallest absolute Gasteiger partial charge is 0.229 e. The summed E-state index contributed by atoms with van der Waals surface area (Å²) in [4.78, 5) is 33.0. The minimum atomic E-state index is 0.0543. The molecule has 3 aliphatic rings. The Balaban J connectivity index is 1.41. The fourth-order valence-electron chi connectivity index (χ4n) is 5.86. The van der Waals surface area contributed by atoms with Crippen LogP contribution >= 0.6 is 0 Å². The lowest BCUT2D eigenvalue weighted by molar-refractivity contribution is -0.131. The molecule has 6 heteroatoms. The Morgan fingerprint density at radius 1 is 1.09 bits per heavy atom. The van der Waals surface area contributed by atoms with Crippen LogP contribution in [-0.2, 0) is 16.0 Å². The normalized spacial score (nSPS) is 24.5. The zero-order valence-electron chi connectivity index (χ0n) is 20.7. The Kier molecular flexibility index (Phi) is 8.07. The van der Waals surface area contributed by atoms with Crippen molar-refractivity contribution in [1.29, 1.82) is 0 Å². The lowest BCUT2D eigenvalue weighted by atomic mass is 9.78. The maximum atomic E-state index is 13.4. The molecule has 0 bridgehead atoms. The number of fused-ring (bicyclic) bond motifs is 1. The Hall–Kier alpha value is -1.92. The second-order valence-corrected chi connectivity index (χ2v) is 10.5. The van der Waals surface area contributed by atoms with Crippen LogP contribution in [0.1, 0.15) is 57.9 Å². The molecule has 3 aliphatic heterocycles. The zero-order chi connectivity index (χ0) is 23.3. The standard InChI is InChI=1S/C27H42N4O2/c1-3-4-7-22(2)26(33)31-17-12-27(20-23-8-5-6-9-24(23)31)11-16-30(21-27)25(32)10-15-29-18-13-28-14-19-29/h5-6,8-9,22,28H,3-4,7,10-21H2,1-2H3. The number of hydrogen-bond acceptors (Lipinski definition) is 4. The molecule has 182 valence electrons. The summed E-state index contributed by atoms with van der Waals surface area (Å²) in [5, 5.41) is 3.37. The summed E-state index contributed by atoms with van der Waals surface area (Å²) < 4.78 is 0. The van der Waals surface area contributed by atoms with Crippen LogP contribution in [0, 0.1) is 11.3 Å². The molecular formula is C27H42N4O2. The van der Waals surface area contributed by atoms with Crippen molar-refractivity contribution >= 4 is 17.5 Å². The number of carbonyl (C=O) groups excluding carboxylic acids is 2. The summed E-state index contributed by atoms with van der Waals surface area (Å²) in [5.41, 5.74) is 2.44. The van der Waals surface area contributed by atoms with Gasteiger partial charge in [0, 0.05) is 70.4 Å². The maximum Gasteiger partial charge on any atom is 0.229 e. The SMILES string of the molecule is CCCCC(C)C(=O)N1CCC2(CCN(C(=O)CCN3CCNCC3)C2)Cc2ccccc21. The van der Waals surface area contributed by atoms with Gasteiger partial charge in [-0.25, -0.2) is 0 Å². The Morgan fingerprint density at radius 2 is 1.85 bits per heavy atom. The number of carbonyl (C=O) groups is 2. The molecule has 2 unspecified atom stereocenters. The summed E-state index contributed by atoms with van der Waals surface area (Å²) in [6.45, 7) is 11.7. The molecule has 0 radical (unpaired) electrons. The molecule has 2 fully saturated rings. The van der Waals surface area contributed by atoms with E-state index in [0.29, 0.717) is 12.3 Å². The third-order valence-electron chi connectivity index (χ3n) is 8.03. The van der Waals surface area contributed by atoms with E-state index in [4.69, 9.17) is 0 Å². The van der Waals surface area contributed by atoms with E-state index in [1.807, 2.05) is 0 Å². The van der Waals surface area contributed by atoms with Crippen molar-refractivity contribution in [2.24, 2.45) is 11.3 Å². The van der Waals surface area contributed by atoms with Crippen molar-refractivity contribution in [2.75, 3.05) is 57.3 Å². The van der Waals surface area contributed by atoms with Gasteiger partial charge in [0.05, 0.1) is 0 Å². The Labute approximate surface area is 199 Å². The van der Waals surface area contributed by atoms with Gasteiger partial charge in [-0.3, -0.25) is 9.59 Å². The van der Waals surface area contributed by atoms with Crippen LogP contribution < -0.4 is 10.2 Å². The van der Waals surface area contributed by atoms with Gasteiger partial charge < -0.3 is 20.0 Å². The summed E-state index contributed by atoms with van der Waals surface area (Å²) in [5.74, 6) is 0.609. The fraction of sp³-hybridized carbons (Fsp3) is 0.704. The van der Waals surface area contributed by atoms with Crippen molar-refractivity contribution in [3.05, 3.63) is 29.8 Å². The van der Waals surface area contributed by atoms with Gasteiger partial charge in [0.1, 0.15) is 0 Å². The molecule has 4 rings (SSSR count). The van der Waals surface area contributed by atoms with E-state index in [1.54, 1.807) is 0 Å². The third kappa shape index (κ3) is 5.78. The molecule has 0 aromatic heterocycles. The van der Waals surface area contributed by atoms with Gasteiger partial charge >= 0.3 is 0 Å². The zero-order valence-corrected chi connectivity index (χ0v) is 20.7.